The lowest BCUT2D eigenvalue weighted by Gasteiger charge is -2.34. The van der Waals surface area contributed by atoms with Crippen molar-refractivity contribution in [1.29, 1.82) is 0 Å². The van der Waals surface area contributed by atoms with Crippen LogP contribution in [-0.2, 0) is 10.2 Å². The van der Waals surface area contributed by atoms with E-state index < -0.39 is 0 Å². The van der Waals surface area contributed by atoms with Crippen LogP contribution in [0.5, 0.6) is 0 Å². The first-order valence-corrected chi connectivity index (χ1v) is 9.24. The summed E-state index contributed by atoms with van der Waals surface area (Å²) in [6.45, 7) is 9.07. The third-order valence-corrected chi connectivity index (χ3v) is 5.29. The number of carbonyl (C=O) groups excluding carboxylic acids is 1. The maximum Gasteiger partial charge on any atom is 0.251 e. The Labute approximate surface area is 150 Å². The van der Waals surface area contributed by atoms with Crippen molar-refractivity contribution in [2.24, 2.45) is 0 Å². The van der Waals surface area contributed by atoms with Crippen LogP contribution in [0.3, 0.4) is 0 Å². The van der Waals surface area contributed by atoms with Crippen LogP contribution in [0.15, 0.2) is 24.3 Å². The largest absolute Gasteiger partial charge is 0.396 e. The molecule has 2 aliphatic heterocycles. The lowest BCUT2D eigenvalue weighted by molar-refractivity contribution is -0.0566. The molecule has 0 unspecified atom stereocenters. The zero-order chi connectivity index (χ0) is 18.0. The van der Waals surface area contributed by atoms with Crippen molar-refractivity contribution in [1.82, 2.24) is 10.2 Å². The van der Waals surface area contributed by atoms with E-state index in [1.54, 1.807) is 0 Å². The van der Waals surface area contributed by atoms with Crippen LogP contribution < -0.4 is 5.32 Å². The van der Waals surface area contributed by atoms with Gasteiger partial charge in [-0.2, -0.15) is 0 Å². The van der Waals surface area contributed by atoms with Gasteiger partial charge < -0.3 is 15.2 Å². The summed E-state index contributed by atoms with van der Waals surface area (Å²) >= 11 is 0. The number of hydrogen-bond donors (Lipinski definition) is 2. The fourth-order valence-corrected chi connectivity index (χ4v) is 3.76. The molecule has 0 spiro atoms. The minimum atomic E-state index is -0.00173. The SMILES string of the molecule is CC(C)(C)c1ccc(C(=O)N[C@H]2C[C@H]3CO[C@@H](CCO)CN3C2)cc1. The summed E-state index contributed by atoms with van der Waals surface area (Å²) < 4.78 is 5.80. The average molecular weight is 346 g/mol. The highest BCUT2D eigenvalue weighted by Gasteiger charge is 2.37. The van der Waals surface area contributed by atoms with Gasteiger partial charge in [0.15, 0.2) is 0 Å². The van der Waals surface area contributed by atoms with Gasteiger partial charge in [0.25, 0.3) is 5.91 Å². The summed E-state index contributed by atoms with van der Waals surface area (Å²) in [6.07, 6.45) is 1.72. The zero-order valence-electron chi connectivity index (χ0n) is 15.5. The van der Waals surface area contributed by atoms with Crippen molar-refractivity contribution in [3.05, 3.63) is 35.4 Å². The van der Waals surface area contributed by atoms with Crippen LogP contribution in [0, 0.1) is 0 Å². The number of aliphatic hydroxyl groups excluding tert-OH is 1. The van der Waals surface area contributed by atoms with E-state index in [4.69, 9.17) is 9.84 Å². The van der Waals surface area contributed by atoms with Crippen LogP contribution in [0.4, 0.5) is 0 Å². The van der Waals surface area contributed by atoms with Crippen molar-refractivity contribution in [2.45, 2.75) is 57.2 Å². The Bertz CT molecular complexity index is 594. The second-order valence-corrected chi connectivity index (χ2v) is 8.31. The van der Waals surface area contributed by atoms with Crippen molar-refractivity contribution in [3.63, 3.8) is 0 Å². The van der Waals surface area contributed by atoms with E-state index in [1.165, 1.54) is 5.56 Å². The van der Waals surface area contributed by atoms with E-state index >= 15 is 0 Å². The molecule has 1 amide bonds. The van der Waals surface area contributed by atoms with Gasteiger partial charge in [0.1, 0.15) is 0 Å². The summed E-state index contributed by atoms with van der Waals surface area (Å²) in [4.78, 5) is 14.9. The summed E-state index contributed by atoms with van der Waals surface area (Å²) in [5, 5.41) is 12.2. The van der Waals surface area contributed by atoms with E-state index in [2.05, 4.69) is 31.0 Å². The number of nitrogens with one attached hydrogen (secondary N) is 1. The van der Waals surface area contributed by atoms with Gasteiger partial charge >= 0.3 is 0 Å². The molecular formula is C20H30N2O3. The quantitative estimate of drug-likeness (QED) is 0.875. The highest BCUT2D eigenvalue weighted by Crippen LogP contribution is 2.25. The fourth-order valence-electron chi connectivity index (χ4n) is 3.76. The number of rotatable bonds is 4. The smallest absolute Gasteiger partial charge is 0.251 e. The molecule has 2 N–H and O–H groups in total. The zero-order valence-corrected chi connectivity index (χ0v) is 15.5. The van der Waals surface area contributed by atoms with Crippen LogP contribution in [0.2, 0.25) is 0 Å². The second-order valence-electron chi connectivity index (χ2n) is 8.31. The van der Waals surface area contributed by atoms with Crippen LogP contribution >= 0.6 is 0 Å². The number of amides is 1. The Kier molecular flexibility index (Phi) is 5.46. The predicted octanol–water partition coefficient (Wildman–Crippen LogP) is 1.94. The molecule has 25 heavy (non-hydrogen) atoms. The van der Waals surface area contributed by atoms with Gasteiger partial charge in [-0.25, -0.2) is 0 Å². The van der Waals surface area contributed by atoms with Crippen molar-refractivity contribution in [2.75, 3.05) is 26.3 Å². The number of hydrogen-bond acceptors (Lipinski definition) is 4. The van der Waals surface area contributed by atoms with Crippen LogP contribution in [-0.4, -0.2) is 60.4 Å². The van der Waals surface area contributed by atoms with E-state index in [1.807, 2.05) is 24.3 Å². The van der Waals surface area contributed by atoms with E-state index in [0.717, 1.165) is 19.5 Å². The fraction of sp³-hybridized carbons (Fsp3) is 0.650. The Hall–Kier alpha value is -1.43. The predicted molar refractivity (Wildman–Crippen MR) is 97.8 cm³/mol. The van der Waals surface area contributed by atoms with Gasteiger partial charge in [-0.15, -0.1) is 0 Å². The maximum atomic E-state index is 12.5. The minimum absolute atomic E-state index is 0.00173. The van der Waals surface area contributed by atoms with Crippen molar-refractivity contribution >= 4 is 5.91 Å². The molecule has 2 fully saturated rings. The third kappa shape index (κ3) is 4.40. The molecule has 5 nitrogen and oxygen atoms in total. The molecule has 2 aliphatic rings. The molecule has 2 saturated heterocycles. The highest BCUT2D eigenvalue weighted by atomic mass is 16.5. The van der Waals surface area contributed by atoms with Crippen molar-refractivity contribution < 1.29 is 14.6 Å². The molecular weight excluding hydrogens is 316 g/mol. The van der Waals surface area contributed by atoms with E-state index in [0.29, 0.717) is 24.6 Å². The lowest BCUT2D eigenvalue weighted by atomic mass is 9.86. The first-order chi connectivity index (χ1) is 11.9. The normalized spacial score (nSPS) is 27.1. The lowest BCUT2D eigenvalue weighted by Crippen LogP contribution is -2.46. The molecule has 1 aromatic carbocycles. The molecule has 1 aromatic rings. The first kappa shape index (κ1) is 18.4. The number of nitrogens with zero attached hydrogens (tertiary/aromatic N) is 1. The number of carbonyl (C=O) groups is 1. The number of ether oxygens (including phenoxy) is 1. The third-order valence-electron chi connectivity index (χ3n) is 5.29. The summed E-state index contributed by atoms with van der Waals surface area (Å²) in [6, 6.07) is 8.46. The number of morpholine rings is 1. The first-order valence-electron chi connectivity index (χ1n) is 9.24. The van der Waals surface area contributed by atoms with Gasteiger partial charge in [-0.3, -0.25) is 9.69 Å². The average Bonchev–Trinajstić information content (AvgIpc) is 2.96. The number of fused-ring (bicyclic) bond motifs is 1. The molecule has 5 heteroatoms. The Morgan fingerprint density at radius 3 is 2.64 bits per heavy atom. The Morgan fingerprint density at radius 1 is 1.28 bits per heavy atom. The van der Waals surface area contributed by atoms with Crippen molar-refractivity contribution in [3.8, 4) is 0 Å². The topological polar surface area (TPSA) is 61.8 Å². The maximum absolute atomic E-state index is 12.5. The number of aliphatic hydroxyl groups is 1. The van der Waals surface area contributed by atoms with Gasteiger partial charge in [0.05, 0.1) is 12.7 Å². The Balaban J connectivity index is 1.55. The summed E-state index contributed by atoms with van der Waals surface area (Å²) in [7, 11) is 0. The molecule has 138 valence electrons. The molecule has 3 rings (SSSR count). The van der Waals surface area contributed by atoms with Gasteiger partial charge in [0.2, 0.25) is 0 Å². The van der Waals surface area contributed by atoms with Crippen LogP contribution in [0.1, 0.15) is 49.5 Å². The molecule has 0 saturated carbocycles. The second kappa shape index (κ2) is 7.44. The van der Waals surface area contributed by atoms with Gasteiger partial charge in [0, 0.05) is 37.3 Å². The van der Waals surface area contributed by atoms with Gasteiger partial charge in [-0.1, -0.05) is 32.9 Å². The summed E-state index contributed by atoms with van der Waals surface area (Å²) in [5.41, 5.74) is 2.04. The van der Waals surface area contributed by atoms with Gasteiger partial charge in [-0.05, 0) is 36.0 Å². The molecule has 0 aliphatic carbocycles. The molecule has 0 radical (unpaired) electrons. The van der Waals surface area contributed by atoms with E-state index in [9.17, 15) is 4.79 Å². The standard InChI is InChI=1S/C20H30N2O3/c1-20(2,3)15-6-4-14(5-7-15)19(24)21-16-10-17-13-25-18(8-9-23)12-22(17)11-16/h4-7,16-18,23H,8-13H2,1-3H3,(H,21,24)/t16-,17-,18-/m0/s1. The molecule has 2 heterocycles. The Morgan fingerprint density at radius 2 is 2.00 bits per heavy atom. The van der Waals surface area contributed by atoms with Crippen LogP contribution in [0.25, 0.3) is 0 Å². The highest BCUT2D eigenvalue weighted by molar-refractivity contribution is 5.94. The molecule has 0 bridgehead atoms. The monoisotopic (exact) mass is 346 g/mol. The van der Waals surface area contributed by atoms with E-state index in [-0.39, 0.29) is 30.1 Å². The molecule has 0 aromatic heterocycles. The minimum Gasteiger partial charge on any atom is -0.396 e. The molecule has 3 atom stereocenters. The summed E-state index contributed by atoms with van der Waals surface area (Å²) in [5.74, 6) is -0.00173. The number of benzene rings is 1.